The molecule has 0 aromatic carbocycles. The summed E-state index contributed by atoms with van der Waals surface area (Å²) >= 11 is 1.60. The van der Waals surface area contributed by atoms with Gasteiger partial charge in [-0.25, -0.2) is 4.79 Å². The minimum absolute atomic E-state index is 0.00324. The maximum atomic E-state index is 12.4. The van der Waals surface area contributed by atoms with E-state index >= 15 is 0 Å². The number of likely N-dealkylation sites (tertiary alicyclic amines) is 1. The minimum Gasteiger partial charge on any atom is -0.444 e. The second-order valence-corrected chi connectivity index (χ2v) is 9.17. The van der Waals surface area contributed by atoms with Gasteiger partial charge in [-0.3, -0.25) is 14.8 Å². The van der Waals surface area contributed by atoms with E-state index < -0.39 is 5.60 Å². The molecule has 0 atom stereocenters. The number of nitrogens with zero attached hydrogens (tertiary/aromatic N) is 3. The Hall–Kier alpha value is -2.48. The lowest BCUT2D eigenvalue weighted by Crippen LogP contribution is -2.42. The van der Waals surface area contributed by atoms with Gasteiger partial charge in [-0.1, -0.05) is 6.07 Å². The van der Waals surface area contributed by atoms with Gasteiger partial charge >= 0.3 is 6.09 Å². The molecule has 2 amide bonds. The molecule has 1 fully saturated rings. The van der Waals surface area contributed by atoms with E-state index in [1.54, 1.807) is 28.6 Å². The van der Waals surface area contributed by atoms with E-state index in [-0.39, 0.29) is 17.9 Å². The van der Waals surface area contributed by atoms with Gasteiger partial charge in [0.1, 0.15) is 11.3 Å². The van der Waals surface area contributed by atoms with Crippen LogP contribution >= 0.6 is 11.3 Å². The highest BCUT2D eigenvalue weighted by Gasteiger charge is 2.27. The molecule has 0 bridgehead atoms. The molecule has 1 aliphatic rings. The zero-order valence-electron chi connectivity index (χ0n) is 17.2. The largest absolute Gasteiger partial charge is 0.444 e. The Morgan fingerprint density at radius 3 is 2.62 bits per heavy atom. The van der Waals surface area contributed by atoms with Crippen LogP contribution in [-0.2, 0) is 16.1 Å². The highest BCUT2D eigenvalue weighted by molar-refractivity contribution is 7.13. The van der Waals surface area contributed by atoms with Crippen molar-refractivity contribution < 1.29 is 14.3 Å². The van der Waals surface area contributed by atoms with Crippen molar-refractivity contribution in [1.82, 2.24) is 20.2 Å². The van der Waals surface area contributed by atoms with Crippen LogP contribution in [0.5, 0.6) is 0 Å². The average Bonchev–Trinajstić information content (AvgIpc) is 3.20. The van der Waals surface area contributed by atoms with Crippen molar-refractivity contribution in [3.63, 3.8) is 0 Å². The van der Waals surface area contributed by atoms with Gasteiger partial charge in [-0.15, -0.1) is 11.3 Å². The number of carbonyl (C=O) groups excluding carboxylic acids is 2. The standard InChI is InChI=1S/C21H28N4O3S/c1-21(2,3)28-20(27)25-10-6-15(7-11-25)13-18(26)24-14-16-19(23-9-8-22-16)17-5-4-12-29-17/h4-5,8-9,12,15H,6-7,10-11,13-14H2,1-3H3,(H,24,26). The van der Waals surface area contributed by atoms with Crippen LogP contribution < -0.4 is 5.32 Å². The number of nitrogens with one attached hydrogen (secondary N) is 1. The summed E-state index contributed by atoms with van der Waals surface area (Å²) in [5.74, 6) is 0.274. The molecule has 3 rings (SSSR count). The summed E-state index contributed by atoms with van der Waals surface area (Å²) in [6, 6.07) is 3.97. The predicted octanol–water partition coefficient (Wildman–Crippen LogP) is 3.86. The smallest absolute Gasteiger partial charge is 0.410 e. The first-order valence-electron chi connectivity index (χ1n) is 9.90. The van der Waals surface area contributed by atoms with Gasteiger partial charge in [-0.05, 0) is 51.0 Å². The van der Waals surface area contributed by atoms with Gasteiger partial charge in [-0.2, -0.15) is 0 Å². The van der Waals surface area contributed by atoms with Crippen molar-refractivity contribution in [2.45, 2.75) is 52.2 Å². The lowest BCUT2D eigenvalue weighted by atomic mass is 9.93. The SMILES string of the molecule is CC(C)(C)OC(=O)N1CCC(CC(=O)NCc2nccnc2-c2cccs2)CC1. The zero-order chi connectivity index (χ0) is 20.9. The fourth-order valence-electron chi connectivity index (χ4n) is 3.28. The average molecular weight is 417 g/mol. The van der Waals surface area contributed by atoms with Crippen molar-refractivity contribution in [2.75, 3.05) is 13.1 Å². The Morgan fingerprint density at radius 1 is 1.24 bits per heavy atom. The van der Waals surface area contributed by atoms with Crippen LogP contribution in [0.1, 0.15) is 45.7 Å². The van der Waals surface area contributed by atoms with Gasteiger partial charge in [0.25, 0.3) is 0 Å². The van der Waals surface area contributed by atoms with Crippen LogP contribution in [0.25, 0.3) is 10.6 Å². The molecule has 1 aliphatic heterocycles. The molecule has 0 aliphatic carbocycles. The third-order valence-electron chi connectivity index (χ3n) is 4.72. The molecule has 2 aromatic heterocycles. The highest BCUT2D eigenvalue weighted by atomic mass is 32.1. The van der Waals surface area contributed by atoms with Crippen molar-refractivity contribution in [3.05, 3.63) is 35.6 Å². The molecule has 1 saturated heterocycles. The lowest BCUT2D eigenvalue weighted by Gasteiger charge is -2.33. The number of hydrogen-bond donors (Lipinski definition) is 1. The molecule has 156 valence electrons. The Labute approximate surface area is 175 Å². The molecule has 1 N–H and O–H groups in total. The molecular weight excluding hydrogens is 388 g/mol. The number of amides is 2. The second kappa shape index (κ2) is 9.35. The predicted molar refractivity (Wildman–Crippen MR) is 112 cm³/mol. The number of carbonyl (C=O) groups is 2. The fourth-order valence-corrected chi connectivity index (χ4v) is 4.02. The van der Waals surface area contributed by atoms with E-state index in [1.807, 2.05) is 38.3 Å². The van der Waals surface area contributed by atoms with Crippen molar-refractivity contribution >= 4 is 23.3 Å². The number of ether oxygens (including phenoxy) is 1. The Balaban J connectivity index is 1.45. The Kier molecular flexibility index (Phi) is 6.84. The van der Waals surface area contributed by atoms with Crippen LogP contribution in [0.3, 0.4) is 0 Å². The topological polar surface area (TPSA) is 84.4 Å². The molecule has 2 aromatic rings. The van der Waals surface area contributed by atoms with Crippen LogP contribution in [-0.4, -0.2) is 45.6 Å². The van der Waals surface area contributed by atoms with Gasteiger partial charge in [0.15, 0.2) is 0 Å². The van der Waals surface area contributed by atoms with Gasteiger partial charge < -0.3 is 15.0 Å². The summed E-state index contributed by atoms with van der Waals surface area (Å²) in [7, 11) is 0. The van der Waals surface area contributed by atoms with Crippen molar-refractivity contribution in [2.24, 2.45) is 5.92 Å². The summed E-state index contributed by atoms with van der Waals surface area (Å²) in [4.78, 5) is 36.1. The summed E-state index contributed by atoms with van der Waals surface area (Å²) in [6.07, 6.45) is 5.10. The van der Waals surface area contributed by atoms with Crippen LogP contribution in [0.15, 0.2) is 29.9 Å². The van der Waals surface area contributed by atoms with E-state index in [2.05, 4.69) is 15.3 Å². The van der Waals surface area contributed by atoms with E-state index in [0.29, 0.717) is 26.1 Å². The normalized spacial score (nSPS) is 15.2. The molecule has 0 spiro atoms. The first-order valence-corrected chi connectivity index (χ1v) is 10.8. The summed E-state index contributed by atoms with van der Waals surface area (Å²) in [6.45, 7) is 7.20. The molecule has 3 heterocycles. The fraction of sp³-hybridized carbons (Fsp3) is 0.524. The second-order valence-electron chi connectivity index (χ2n) is 8.22. The molecular formula is C21H28N4O3S. The molecule has 0 saturated carbocycles. The van der Waals surface area contributed by atoms with Gasteiger partial charge in [0.2, 0.25) is 5.91 Å². The molecule has 29 heavy (non-hydrogen) atoms. The molecule has 0 unspecified atom stereocenters. The third-order valence-corrected chi connectivity index (χ3v) is 5.60. The maximum Gasteiger partial charge on any atom is 0.410 e. The Bertz CT molecular complexity index is 825. The van der Waals surface area contributed by atoms with Crippen molar-refractivity contribution in [1.29, 1.82) is 0 Å². The number of piperidine rings is 1. The zero-order valence-corrected chi connectivity index (χ0v) is 18.0. The van der Waals surface area contributed by atoms with E-state index in [1.165, 1.54) is 0 Å². The highest BCUT2D eigenvalue weighted by Crippen LogP contribution is 2.25. The number of thiophene rings is 1. The first-order chi connectivity index (χ1) is 13.8. The van der Waals surface area contributed by atoms with Gasteiger partial charge in [0.05, 0.1) is 17.1 Å². The third kappa shape index (κ3) is 6.25. The van der Waals surface area contributed by atoms with Crippen LogP contribution in [0, 0.1) is 5.92 Å². The summed E-state index contributed by atoms with van der Waals surface area (Å²) < 4.78 is 5.42. The van der Waals surface area contributed by atoms with E-state index in [0.717, 1.165) is 29.1 Å². The van der Waals surface area contributed by atoms with E-state index in [4.69, 9.17) is 4.74 Å². The quantitative estimate of drug-likeness (QED) is 0.800. The van der Waals surface area contributed by atoms with Gasteiger partial charge in [0, 0.05) is 31.9 Å². The first kappa shape index (κ1) is 21.2. The monoisotopic (exact) mass is 416 g/mol. The number of hydrogen-bond acceptors (Lipinski definition) is 6. The van der Waals surface area contributed by atoms with E-state index in [9.17, 15) is 9.59 Å². The molecule has 7 nitrogen and oxygen atoms in total. The Morgan fingerprint density at radius 2 is 1.97 bits per heavy atom. The van der Waals surface area contributed by atoms with Crippen LogP contribution in [0.2, 0.25) is 0 Å². The summed E-state index contributed by atoms with van der Waals surface area (Å²) in [5.41, 5.74) is 1.09. The van der Waals surface area contributed by atoms with Crippen LogP contribution in [0.4, 0.5) is 4.79 Å². The molecule has 8 heteroatoms. The minimum atomic E-state index is -0.490. The lowest BCUT2D eigenvalue weighted by molar-refractivity contribution is -0.122. The number of rotatable bonds is 5. The maximum absolute atomic E-state index is 12.4. The summed E-state index contributed by atoms with van der Waals surface area (Å²) in [5, 5.41) is 4.97. The number of aromatic nitrogens is 2. The molecule has 0 radical (unpaired) electrons. The van der Waals surface area contributed by atoms with Crippen molar-refractivity contribution in [3.8, 4) is 10.6 Å².